The Morgan fingerprint density at radius 3 is 2.36 bits per heavy atom. The van der Waals surface area contributed by atoms with Crippen LogP contribution in [-0.4, -0.2) is 34.4 Å². The highest BCUT2D eigenvalue weighted by Crippen LogP contribution is 2.22. The molecular formula is C6H6O5. The molecule has 1 saturated heterocycles. The van der Waals surface area contributed by atoms with Crippen LogP contribution in [0.25, 0.3) is 0 Å². The van der Waals surface area contributed by atoms with E-state index in [2.05, 4.69) is 4.74 Å². The molecule has 2 unspecified atom stereocenters. The molecule has 0 aromatic heterocycles. The average molecular weight is 158 g/mol. The van der Waals surface area contributed by atoms with Crippen LogP contribution < -0.4 is 0 Å². The third-order valence-corrected chi connectivity index (χ3v) is 1.20. The van der Waals surface area contributed by atoms with Gasteiger partial charge in [-0.3, -0.25) is 0 Å². The molecule has 1 aliphatic rings. The summed E-state index contributed by atoms with van der Waals surface area (Å²) in [6.07, 6.45) is 0.656. The quantitative estimate of drug-likeness (QED) is 0.426. The summed E-state index contributed by atoms with van der Waals surface area (Å²) in [5.41, 5.74) is 0. The minimum Gasteiger partial charge on any atom is -0.479 e. The first kappa shape index (κ1) is 7.74. The van der Waals surface area contributed by atoms with Crippen LogP contribution >= 0.6 is 0 Å². The van der Waals surface area contributed by atoms with E-state index in [1.54, 1.807) is 0 Å². The zero-order valence-electron chi connectivity index (χ0n) is 5.43. The van der Waals surface area contributed by atoms with Gasteiger partial charge in [0, 0.05) is 6.08 Å². The molecule has 0 aromatic carbocycles. The second kappa shape index (κ2) is 2.71. The lowest BCUT2D eigenvalue weighted by Gasteiger charge is -1.78. The Kier molecular flexibility index (Phi) is 1.91. The van der Waals surface area contributed by atoms with E-state index < -0.39 is 24.1 Å². The molecule has 0 amide bonds. The van der Waals surface area contributed by atoms with Crippen LogP contribution in [0.15, 0.2) is 12.2 Å². The predicted molar refractivity (Wildman–Crippen MR) is 33.1 cm³/mol. The molecule has 0 aromatic rings. The van der Waals surface area contributed by atoms with Gasteiger partial charge < -0.3 is 14.9 Å². The molecule has 0 bridgehead atoms. The molecule has 60 valence electrons. The number of hydrogen-bond acceptors (Lipinski definition) is 3. The molecule has 2 N–H and O–H groups in total. The SMILES string of the molecule is O=C(O)/C=C/C1OC1C(=O)O. The minimum atomic E-state index is -1.11. The van der Waals surface area contributed by atoms with Crippen molar-refractivity contribution in [3.05, 3.63) is 12.2 Å². The molecule has 1 rings (SSSR count). The van der Waals surface area contributed by atoms with E-state index in [4.69, 9.17) is 10.2 Å². The molecule has 1 aliphatic heterocycles. The van der Waals surface area contributed by atoms with Crippen molar-refractivity contribution in [1.29, 1.82) is 0 Å². The lowest BCUT2D eigenvalue weighted by atomic mass is 10.3. The number of epoxide rings is 1. The smallest absolute Gasteiger partial charge is 0.335 e. The van der Waals surface area contributed by atoms with Gasteiger partial charge in [-0.1, -0.05) is 0 Å². The zero-order valence-corrected chi connectivity index (χ0v) is 5.43. The van der Waals surface area contributed by atoms with Crippen molar-refractivity contribution in [2.45, 2.75) is 12.2 Å². The fourth-order valence-corrected chi connectivity index (χ4v) is 0.646. The van der Waals surface area contributed by atoms with E-state index in [0.717, 1.165) is 6.08 Å². The van der Waals surface area contributed by atoms with Gasteiger partial charge in [0.15, 0.2) is 6.10 Å². The standard InChI is InChI=1S/C6H6O5/c7-4(8)2-1-3-5(11-3)6(9)10/h1-3,5H,(H,7,8)(H,9,10)/b2-1+. The molecule has 5 heteroatoms. The first-order valence-electron chi connectivity index (χ1n) is 2.90. The monoisotopic (exact) mass is 158 g/mol. The van der Waals surface area contributed by atoms with Gasteiger partial charge in [0.1, 0.15) is 6.10 Å². The van der Waals surface area contributed by atoms with Crippen molar-refractivity contribution >= 4 is 11.9 Å². The number of rotatable bonds is 3. The van der Waals surface area contributed by atoms with E-state index in [0.29, 0.717) is 0 Å². The Labute approximate surface area is 61.9 Å². The molecule has 11 heavy (non-hydrogen) atoms. The van der Waals surface area contributed by atoms with Gasteiger partial charge in [-0.2, -0.15) is 0 Å². The van der Waals surface area contributed by atoms with Crippen LogP contribution in [0.5, 0.6) is 0 Å². The molecule has 0 radical (unpaired) electrons. The van der Waals surface area contributed by atoms with Crippen LogP contribution in [0.2, 0.25) is 0 Å². The largest absolute Gasteiger partial charge is 0.479 e. The summed E-state index contributed by atoms with van der Waals surface area (Å²) < 4.78 is 4.58. The fraction of sp³-hybridized carbons (Fsp3) is 0.333. The van der Waals surface area contributed by atoms with Crippen LogP contribution in [-0.2, 0) is 14.3 Å². The Hall–Kier alpha value is -1.36. The van der Waals surface area contributed by atoms with E-state index in [1.807, 2.05) is 0 Å². The number of carbonyl (C=O) groups is 2. The van der Waals surface area contributed by atoms with Crippen molar-refractivity contribution in [1.82, 2.24) is 0 Å². The van der Waals surface area contributed by atoms with Gasteiger partial charge >= 0.3 is 11.9 Å². The second-order valence-electron chi connectivity index (χ2n) is 2.06. The van der Waals surface area contributed by atoms with Crippen molar-refractivity contribution in [2.75, 3.05) is 0 Å². The first-order chi connectivity index (χ1) is 5.11. The summed E-state index contributed by atoms with van der Waals surface area (Å²) in [6, 6.07) is 0. The molecule has 5 nitrogen and oxygen atoms in total. The summed E-state index contributed by atoms with van der Waals surface area (Å²) >= 11 is 0. The lowest BCUT2D eigenvalue weighted by molar-refractivity contribution is -0.138. The summed E-state index contributed by atoms with van der Waals surface area (Å²) in [6.45, 7) is 0. The number of ether oxygens (including phenoxy) is 1. The molecular weight excluding hydrogens is 152 g/mol. The highest BCUT2D eigenvalue weighted by Gasteiger charge is 2.43. The summed E-state index contributed by atoms with van der Waals surface area (Å²) in [5, 5.41) is 16.4. The zero-order chi connectivity index (χ0) is 8.43. The molecule has 2 atom stereocenters. The van der Waals surface area contributed by atoms with Gasteiger partial charge in [-0.25, -0.2) is 9.59 Å². The van der Waals surface area contributed by atoms with Crippen molar-refractivity contribution in [2.24, 2.45) is 0 Å². The number of carboxylic acid groups (broad SMARTS) is 2. The van der Waals surface area contributed by atoms with Crippen LogP contribution in [0.1, 0.15) is 0 Å². The lowest BCUT2D eigenvalue weighted by Crippen LogP contribution is -2.06. The number of carboxylic acids is 2. The van der Waals surface area contributed by atoms with E-state index >= 15 is 0 Å². The number of hydrogen-bond donors (Lipinski definition) is 2. The van der Waals surface area contributed by atoms with Gasteiger partial charge in [0.05, 0.1) is 0 Å². The van der Waals surface area contributed by atoms with Gasteiger partial charge in [0.2, 0.25) is 0 Å². The second-order valence-corrected chi connectivity index (χ2v) is 2.06. The normalized spacial score (nSPS) is 28.7. The molecule has 0 spiro atoms. The number of aliphatic carboxylic acids is 2. The highest BCUT2D eigenvalue weighted by atomic mass is 16.6. The average Bonchev–Trinajstić information content (AvgIpc) is 2.61. The topological polar surface area (TPSA) is 87.1 Å². The van der Waals surface area contributed by atoms with Gasteiger partial charge in [-0.05, 0) is 6.08 Å². The third-order valence-electron chi connectivity index (χ3n) is 1.20. The first-order valence-corrected chi connectivity index (χ1v) is 2.90. The van der Waals surface area contributed by atoms with Crippen molar-refractivity contribution in [3.63, 3.8) is 0 Å². The summed E-state index contributed by atoms with van der Waals surface area (Å²) in [4.78, 5) is 20.0. The maximum Gasteiger partial charge on any atom is 0.335 e. The van der Waals surface area contributed by atoms with Crippen molar-refractivity contribution < 1.29 is 24.5 Å². The summed E-state index contributed by atoms with van der Waals surface area (Å²) in [5.74, 6) is -2.17. The third kappa shape index (κ3) is 2.05. The molecule has 0 aliphatic carbocycles. The molecule has 1 heterocycles. The predicted octanol–water partition coefficient (Wildman–Crippen LogP) is -0.521. The minimum absolute atomic E-state index is 0.566. The van der Waals surface area contributed by atoms with Gasteiger partial charge in [0.25, 0.3) is 0 Å². The van der Waals surface area contributed by atoms with Crippen molar-refractivity contribution in [3.8, 4) is 0 Å². The van der Waals surface area contributed by atoms with E-state index in [9.17, 15) is 9.59 Å². The van der Waals surface area contributed by atoms with E-state index in [-0.39, 0.29) is 0 Å². The van der Waals surface area contributed by atoms with Crippen LogP contribution in [0.3, 0.4) is 0 Å². The Bertz CT molecular complexity index is 219. The maximum atomic E-state index is 10.1. The Balaban J connectivity index is 2.34. The highest BCUT2D eigenvalue weighted by molar-refractivity contribution is 5.81. The van der Waals surface area contributed by atoms with Gasteiger partial charge in [-0.15, -0.1) is 0 Å². The van der Waals surface area contributed by atoms with Crippen LogP contribution in [0, 0.1) is 0 Å². The fourth-order valence-electron chi connectivity index (χ4n) is 0.646. The Morgan fingerprint density at radius 1 is 1.36 bits per heavy atom. The molecule has 0 saturated carbocycles. The maximum absolute atomic E-state index is 10.1. The van der Waals surface area contributed by atoms with Crippen LogP contribution in [0.4, 0.5) is 0 Å². The summed E-state index contributed by atoms with van der Waals surface area (Å²) in [7, 11) is 0. The Morgan fingerprint density at radius 2 is 2.00 bits per heavy atom. The molecule has 1 fully saturated rings. The van der Waals surface area contributed by atoms with E-state index in [1.165, 1.54) is 6.08 Å².